The molecule has 1 heterocycles. The van der Waals surface area contributed by atoms with Crippen molar-refractivity contribution < 1.29 is 23.2 Å². The quantitative estimate of drug-likeness (QED) is 0.0776. The molecule has 0 unspecified atom stereocenters. The summed E-state index contributed by atoms with van der Waals surface area (Å²) in [7, 11) is 11.6. The van der Waals surface area contributed by atoms with Crippen LogP contribution in [0.1, 0.15) is 103 Å². The Morgan fingerprint density at radius 2 is 1.49 bits per heavy atom. The third-order valence-electron chi connectivity index (χ3n) is 8.61. The van der Waals surface area contributed by atoms with E-state index < -0.39 is 18.4 Å². The number of hydrogen-bond donors (Lipinski definition) is 0. The third-order valence-corrected chi connectivity index (χ3v) is 10.4. The number of nitro benzene ring substituents is 1. The minimum Gasteiger partial charge on any atom is -0.517 e. The van der Waals surface area contributed by atoms with Crippen LogP contribution in [-0.4, -0.2) is 21.2 Å². The Labute approximate surface area is 293 Å². The van der Waals surface area contributed by atoms with Gasteiger partial charge in [0, 0.05) is 11.2 Å². The molecule has 4 aromatic rings. The number of nitrogens with zero attached hydrogens (tertiary/aromatic N) is 2. The molecule has 1 aliphatic heterocycles. The first kappa shape index (κ1) is 37.0. The molecule has 4 aromatic carbocycles. The van der Waals surface area contributed by atoms with E-state index >= 15 is 0 Å². The second-order valence-electron chi connectivity index (χ2n) is 14.0. The van der Waals surface area contributed by atoms with E-state index in [0.29, 0.717) is 23.1 Å². The number of anilines is 1. The van der Waals surface area contributed by atoms with Crippen LogP contribution < -0.4 is 9.64 Å². The number of rotatable bonds is 8. The minimum atomic E-state index is -2.05. The van der Waals surface area contributed by atoms with Crippen molar-refractivity contribution in [2.24, 2.45) is 0 Å². The van der Waals surface area contributed by atoms with Gasteiger partial charge in [0.15, 0.2) is 0 Å². The molecule has 1 aliphatic rings. The summed E-state index contributed by atoms with van der Waals surface area (Å²) < 4.78 is 7.17. The molecule has 0 N–H and O–H groups in total. The first-order valence-electron chi connectivity index (χ1n) is 16.1. The number of benzene rings is 4. The minimum absolute atomic E-state index is 0.00360. The van der Waals surface area contributed by atoms with E-state index in [9.17, 15) is 10.1 Å². The summed E-state index contributed by atoms with van der Waals surface area (Å²) >= 11 is -2.05. The van der Waals surface area contributed by atoms with Crippen molar-refractivity contribution in [3.63, 3.8) is 0 Å². The average Bonchev–Trinajstić information content (AvgIpc) is 3.25. The Hall–Kier alpha value is -2.79. The summed E-state index contributed by atoms with van der Waals surface area (Å²) in [5.74, 6) is 1.55. The average molecular weight is 764 g/mol. The fourth-order valence-corrected chi connectivity index (χ4v) is 8.49. The Bertz CT molecular complexity index is 1730. The van der Waals surface area contributed by atoms with Gasteiger partial charge in [0.2, 0.25) is 0 Å². The van der Waals surface area contributed by atoms with E-state index in [0.717, 1.165) is 6.42 Å². The van der Waals surface area contributed by atoms with Crippen molar-refractivity contribution in [1.82, 2.24) is 0 Å². The molecule has 0 bridgehead atoms. The molecule has 0 amide bonds. The van der Waals surface area contributed by atoms with Gasteiger partial charge in [-0.15, -0.1) is 5.41 Å². The summed E-state index contributed by atoms with van der Waals surface area (Å²) in [5.41, 5.74) is 6.37. The van der Waals surface area contributed by atoms with Crippen molar-refractivity contribution in [2.75, 3.05) is 4.90 Å². The van der Waals surface area contributed by atoms with E-state index in [-0.39, 0.29) is 22.7 Å². The second kappa shape index (κ2) is 15.2. The molecule has 1 atom stereocenters. The topological polar surface area (TPSA) is 55.6 Å². The maximum atomic E-state index is 10.7. The first-order valence-corrected chi connectivity index (χ1v) is 21.6. The molecule has 8 heteroatoms. The number of ether oxygens (including phenoxy) is 1. The van der Waals surface area contributed by atoms with Gasteiger partial charge in [0.1, 0.15) is 0 Å². The molecule has 5 nitrogen and oxygen atoms in total. The van der Waals surface area contributed by atoms with E-state index in [4.69, 9.17) is 24.1 Å². The van der Waals surface area contributed by atoms with Gasteiger partial charge in [-0.3, -0.25) is 0 Å². The van der Waals surface area contributed by atoms with Crippen LogP contribution in [0.15, 0.2) is 78.9 Å². The maximum Gasteiger partial charge on any atom is 0.0145 e. The molecule has 0 saturated carbocycles. The normalized spacial score (nSPS) is 17.6. The van der Waals surface area contributed by atoms with Gasteiger partial charge in [0.05, 0.1) is 0 Å². The van der Waals surface area contributed by atoms with E-state index in [1.807, 2.05) is 13.8 Å². The fourth-order valence-electron chi connectivity index (χ4n) is 6.71. The number of non-ortho nitro benzene ring substituents is 1. The van der Waals surface area contributed by atoms with Crippen molar-refractivity contribution in [2.45, 2.75) is 97.6 Å². The van der Waals surface area contributed by atoms with Gasteiger partial charge < -0.3 is 4.90 Å². The third kappa shape index (κ3) is 8.63. The maximum absolute atomic E-state index is 10.7. The standard InChI is InChI=1S/C29H36N.C10H11NO3.2ClH.Ru/c1-20(2)23-15-11-16-24(21(3)4)27(23)30-19-29(7,18-28(30,5)6)26-17-10-13-22-12-8-9-14-25(22)26;1-7(2)14-10-5-4-9(11(12)13)6-8(10)3;;;/h8-17,19-21H,18H2,1-7H3;3-7H,1-2H3;2*1H;/q-1;;;;+2/p-2/t29-;;;;/m0..../s1. The number of fused-ring (bicyclic) bond motifs is 1. The number of halogens is 2. The van der Waals surface area contributed by atoms with Crippen molar-refractivity contribution in [1.29, 1.82) is 0 Å². The SMILES string of the molecule is CC(C)Oc1ccc([N+](=O)[O-])cc1[CH]=[Ru]([Cl])[Cl].CC(C)c1cccc(C(C)C)c1N1[CH-][C@@](C)(c2cccc3ccccc23)CC1(C)C. The van der Waals surface area contributed by atoms with Crippen molar-refractivity contribution in [3.8, 4) is 5.75 Å². The van der Waals surface area contributed by atoms with Gasteiger partial charge >= 0.3 is 112 Å². The van der Waals surface area contributed by atoms with Gasteiger partial charge in [-0.05, 0) is 54.0 Å². The Kier molecular flexibility index (Phi) is 12.0. The van der Waals surface area contributed by atoms with Gasteiger partial charge in [-0.2, -0.15) is 0 Å². The molecule has 1 saturated heterocycles. The van der Waals surface area contributed by atoms with Crippen LogP contribution in [0.25, 0.3) is 10.8 Å². The smallest absolute Gasteiger partial charge is 0.0145 e. The van der Waals surface area contributed by atoms with Crippen LogP contribution in [0.5, 0.6) is 5.75 Å². The summed E-state index contributed by atoms with van der Waals surface area (Å²) in [4.78, 5) is 12.8. The Morgan fingerprint density at radius 1 is 0.894 bits per heavy atom. The van der Waals surface area contributed by atoms with Crippen molar-refractivity contribution in [3.05, 3.63) is 118 Å². The predicted octanol–water partition coefficient (Wildman–Crippen LogP) is 11.7. The fraction of sp³-hybridized carbons (Fsp3) is 0.385. The van der Waals surface area contributed by atoms with Crippen LogP contribution in [0.4, 0.5) is 11.4 Å². The molecule has 0 aliphatic carbocycles. The second-order valence-corrected chi connectivity index (χ2v) is 19.7. The zero-order valence-corrected chi connectivity index (χ0v) is 32.1. The first-order chi connectivity index (χ1) is 22.0. The van der Waals surface area contributed by atoms with Crippen LogP contribution in [0.2, 0.25) is 0 Å². The van der Waals surface area contributed by atoms with Gasteiger partial charge in [-0.25, -0.2) is 6.54 Å². The summed E-state index contributed by atoms with van der Waals surface area (Å²) in [6.45, 7) is 22.8. The summed E-state index contributed by atoms with van der Waals surface area (Å²) in [6, 6.07) is 26.8. The monoisotopic (exact) mass is 763 g/mol. The Balaban J connectivity index is 0.000000251. The molecule has 47 heavy (non-hydrogen) atoms. The van der Waals surface area contributed by atoms with E-state index in [1.165, 1.54) is 45.3 Å². The molecular weight excluding hydrogens is 716 g/mol. The van der Waals surface area contributed by atoms with Crippen molar-refractivity contribution >= 4 is 46.1 Å². The van der Waals surface area contributed by atoms with Gasteiger partial charge in [-0.1, -0.05) is 101 Å². The number of para-hydroxylation sites is 1. The Morgan fingerprint density at radius 3 is 2.06 bits per heavy atom. The van der Waals surface area contributed by atoms with Crippen LogP contribution in [-0.2, 0) is 18.9 Å². The molecule has 5 rings (SSSR count). The zero-order valence-electron chi connectivity index (χ0n) is 28.8. The van der Waals surface area contributed by atoms with E-state index in [2.05, 4.69) is 121 Å². The van der Waals surface area contributed by atoms with Crippen LogP contribution >= 0.6 is 19.4 Å². The summed E-state index contributed by atoms with van der Waals surface area (Å²) in [5, 5.41) is 13.4. The molecule has 0 aromatic heterocycles. The largest absolute Gasteiger partial charge is 0.517 e. The van der Waals surface area contributed by atoms with Crippen LogP contribution in [0, 0.1) is 16.7 Å². The molecular formula is C39H47Cl2N2O3Ru-. The zero-order chi connectivity index (χ0) is 34.7. The van der Waals surface area contributed by atoms with Gasteiger partial charge in [0.25, 0.3) is 0 Å². The molecule has 0 spiro atoms. The number of hydrogen-bond acceptors (Lipinski definition) is 4. The molecule has 0 radical (unpaired) electrons. The number of nitro groups is 1. The molecule has 254 valence electrons. The predicted molar refractivity (Wildman–Crippen MR) is 197 cm³/mol. The van der Waals surface area contributed by atoms with Crippen LogP contribution in [0.3, 0.4) is 0 Å². The molecule has 1 fully saturated rings. The van der Waals surface area contributed by atoms with E-state index in [1.54, 1.807) is 10.7 Å². The summed E-state index contributed by atoms with van der Waals surface area (Å²) in [6.07, 6.45) is 1.08.